The molecule has 0 radical (unpaired) electrons. The molecule has 0 saturated carbocycles. The summed E-state index contributed by atoms with van der Waals surface area (Å²) in [7, 11) is -0.810. The van der Waals surface area contributed by atoms with Crippen LogP contribution in [0.5, 0.6) is 5.75 Å². The SMILES string of the molecule is CN(C)S(=O)(=O)c1ccc(Cl)c(C(=O)NCCOc2ccc3ccccc3c2)c1. The van der Waals surface area contributed by atoms with E-state index in [-0.39, 0.29) is 28.6 Å². The molecule has 0 aliphatic rings. The summed E-state index contributed by atoms with van der Waals surface area (Å²) in [6.07, 6.45) is 0. The zero-order chi connectivity index (χ0) is 21.0. The van der Waals surface area contributed by atoms with Gasteiger partial charge < -0.3 is 10.1 Å². The fraction of sp³-hybridized carbons (Fsp3) is 0.190. The van der Waals surface area contributed by atoms with Crippen LogP contribution in [0.25, 0.3) is 10.8 Å². The van der Waals surface area contributed by atoms with E-state index in [4.69, 9.17) is 16.3 Å². The van der Waals surface area contributed by atoms with Crippen LogP contribution < -0.4 is 10.1 Å². The molecule has 152 valence electrons. The third-order valence-electron chi connectivity index (χ3n) is 4.34. The Labute approximate surface area is 175 Å². The molecular formula is C21H21ClN2O4S. The minimum Gasteiger partial charge on any atom is -0.492 e. The lowest BCUT2D eigenvalue weighted by atomic mass is 10.1. The monoisotopic (exact) mass is 432 g/mol. The predicted molar refractivity (Wildman–Crippen MR) is 114 cm³/mol. The molecule has 0 spiro atoms. The highest BCUT2D eigenvalue weighted by atomic mass is 35.5. The number of nitrogens with one attached hydrogen (secondary N) is 1. The van der Waals surface area contributed by atoms with Crippen molar-refractivity contribution < 1.29 is 17.9 Å². The number of hydrogen-bond acceptors (Lipinski definition) is 4. The van der Waals surface area contributed by atoms with Gasteiger partial charge in [-0.1, -0.05) is 41.9 Å². The zero-order valence-electron chi connectivity index (χ0n) is 16.1. The van der Waals surface area contributed by atoms with Crippen molar-refractivity contribution in [3.63, 3.8) is 0 Å². The van der Waals surface area contributed by atoms with E-state index >= 15 is 0 Å². The van der Waals surface area contributed by atoms with E-state index in [1.165, 1.54) is 32.3 Å². The topological polar surface area (TPSA) is 75.7 Å². The van der Waals surface area contributed by atoms with E-state index in [0.717, 1.165) is 15.1 Å². The summed E-state index contributed by atoms with van der Waals surface area (Å²) < 4.78 is 31.3. The third kappa shape index (κ3) is 4.87. The Morgan fingerprint density at radius 2 is 1.76 bits per heavy atom. The molecule has 29 heavy (non-hydrogen) atoms. The molecule has 3 rings (SSSR count). The normalized spacial score (nSPS) is 11.6. The lowest BCUT2D eigenvalue weighted by molar-refractivity contribution is 0.0947. The maximum atomic E-state index is 12.4. The Bertz CT molecular complexity index is 1150. The molecule has 0 bridgehead atoms. The molecule has 1 amide bonds. The van der Waals surface area contributed by atoms with Crippen molar-refractivity contribution in [3.8, 4) is 5.75 Å². The molecule has 6 nitrogen and oxygen atoms in total. The van der Waals surface area contributed by atoms with E-state index < -0.39 is 15.9 Å². The highest BCUT2D eigenvalue weighted by Crippen LogP contribution is 2.22. The minimum atomic E-state index is -3.66. The minimum absolute atomic E-state index is 0.00413. The standard InChI is InChI=1S/C21H21ClN2O4S/c1-24(2)29(26,27)18-9-10-20(22)19(14-18)21(25)23-11-12-28-17-8-7-15-5-3-4-6-16(15)13-17/h3-10,13-14H,11-12H2,1-2H3,(H,23,25). The van der Waals surface area contributed by atoms with Crippen molar-refractivity contribution in [2.45, 2.75) is 4.90 Å². The van der Waals surface area contributed by atoms with Crippen LogP contribution in [0, 0.1) is 0 Å². The van der Waals surface area contributed by atoms with Gasteiger partial charge in [0.2, 0.25) is 10.0 Å². The zero-order valence-corrected chi connectivity index (χ0v) is 17.6. The summed E-state index contributed by atoms with van der Waals surface area (Å²) in [4.78, 5) is 12.4. The van der Waals surface area contributed by atoms with Crippen LogP contribution >= 0.6 is 11.6 Å². The molecule has 8 heteroatoms. The number of halogens is 1. The van der Waals surface area contributed by atoms with Crippen LogP contribution in [0.15, 0.2) is 65.6 Å². The van der Waals surface area contributed by atoms with Crippen molar-refractivity contribution in [1.29, 1.82) is 0 Å². The van der Waals surface area contributed by atoms with Gasteiger partial charge in [-0.3, -0.25) is 4.79 Å². The van der Waals surface area contributed by atoms with Gasteiger partial charge in [-0.2, -0.15) is 0 Å². The summed E-state index contributed by atoms with van der Waals surface area (Å²) in [5.74, 6) is 0.239. The number of nitrogens with zero attached hydrogens (tertiary/aromatic N) is 1. The third-order valence-corrected chi connectivity index (χ3v) is 6.48. The number of fused-ring (bicyclic) bond motifs is 1. The number of ether oxygens (including phenoxy) is 1. The lowest BCUT2D eigenvalue weighted by Crippen LogP contribution is -2.29. The molecule has 0 heterocycles. The number of rotatable bonds is 7. The highest BCUT2D eigenvalue weighted by molar-refractivity contribution is 7.89. The Balaban J connectivity index is 1.61. The van der Waals surface area contributed by atoms with Gasteiger partial charge in [0.25, 0.3) is 5.91 Å². The van der Waals surface area contributed by atoms with Gasteiger partial charge >= 0.3 is 0 Å². The highest BCUT2D eigenvalue weighted by Gasteiger charge is 2.20. The number of sulfonamides is 1. The Morgan fingerprint density at radius 1 is 1.03 bits per heavy atom. The molecule has 0 aliphatic carbocycles. The van der Waals surface area contributed by atoms with Crippen molar-refractivity contribution in [2.75, 3.05) is 27.2 Å². The van der Waals surface area contributed by atoms with Crippen LogP contribution in [0.3, 0.4) is 0 Å². The number of benzene rings is 3. The van der Waals surface area contributed by atoms with E-state index in [1.807, 2.05) is 42.5 Å². The molecule has 0 aliphatic heterocycles. The average molecular weight is 433 g/mol. The van der Waals surface area contributed by atoms with Gasteiger partial charge in [0.15, 0.2) is 0 Å². The summed E-state index contributed by atoms with van der Waals surface area (Å²) >= 11 is 6.08. The first-order valence-electron chi connectivity index (χ1n) is 8.91. The van der Waals surface area contributed by atoms with E-state index in [2.05, 4.69) is 5.32 Å². The number of amides is 1. The molecular weight excluding hydrogens is 412 g/mol. The fourth-order valence-electron chi connectivity index (χ4n) is 2.74. The lowest BCUT2D eigenvalue weighted by Gasteiger charge is -2.13. The second kappa shape index (κ2) is 8.82. The van der Waals surface area contributed by atoms with Crippen LogP contribution in [-0.4, -0.2) is 45.9 Å². The van der Waals surface area contributed by atoms with Gasteiger partial charge in [-0.25, -0.2) is 12.7 Å². The number of carbonyl (C=O) groups is 1. The Kier molecular flexibility index (Phi) is 6.42. The molecule has 0 atom stereocenters. The van der Waals surface area contributed by atoms with Gasteiger partial charge in [0.1, 0.15) is 12.4 Å². The van der Waals surface area contributed by atoms with E-state index in [0.29, 0.717) is 5.75 Å². The van der Waals surface area contributed by atoms with Crippen LogP contribution in [0.2, 0.25) is 5.02 Å². The molecule has 3 aromatic carbocycles. The first kappa shape index (κ1) is 21.1. The summed E-state index contributed by atoms with van der Waals surface area (Å²) in [5.41, 5.74) is 0.0975. The van der Waals surface area contributed by atoms with Crippen molar-refractivity contribution >= 4 is 38.3 Å². The van der Waals surface area contributed by atoms with Gasteiger partial charge in [0, 0.05) is 14.1 Å². The number of carbonyl (C=O) groups excluding carboxylic acids is 1. The predicted octanol–water partition coefficient (Wildman–Crippen LogP) is 3.55. The van der Waals surface area contributed by atoms with Crippen LogP contribution in [-0.2, 0) is 10.0 Å². The summed E-state index contributed by atoms with van der Waals surface area (Å²) in [5, 5.41) is 5.06. The maximum absolute atomic E-state index is 12.4. The average Bonchev–Trinajstić information content (AvgIpc) is 2.71. The van der Waals surface area contributed by atoms with E-state index in [9.17, 15) is 13.2 Å². The molecule has 3 aromatic rings. The Morgan fingerprint density at radius 3 is 2.48 bits per heavy atom. The fourth-order valence-corrected chi connectivity index (χ4v) is 3.87. The van der Waals surface area contributed by atoms with Gasteiger partial charge in [0.05, 0.1) is 22.0 Å². The first-order chi connectivity index (χ1) is 13.8. The van der Waals surface area contributed by atoms with Crippen LogP contribution in [0.4, 0.5) is 0 Å². The summed E-state index contributed by atoms with van der Waals surface area (Å²) in [6, 6.07) is 17.8. The molecule has 0 unspecified atom stereocenters. The van der Waals surface area contributed by atoms with Crippen molar-refractivity contribution in [1.82, 2.24) is 9.62 Å². The second-order valence-corrected chi connectivity index (χ2v) is 9.10. The number of hydrogen-bond donors (Lipinski definition) is 1. The molecule has 1 N–H and O–H groups in total. The molecule has 0 aromatic heterocycles. The van der Waals surface area contributed by atoms with Crippen molar-refractivity contribution in [3.05, 3.63) is 71.2 Å². The van der Waals surface area contributed by atoms with Crippen LogP contribution in [0.1, 0.15) is 10.4 Å². The largest absolute Gasteiger partial charge is 0.492 e. The molecule has 0 saturated heterocycles. The summed E-state index contributed by atoms with van der Waals surface area (Å²) in [6.45, 7) is 0.504. The maximum Gasteiger partial charge on any atom is 0.252 e. The molecule has 0 fully saturated rings. The van der Waals surface area contributed by atoms with Gasteiger partial charge in [-0.05, 0) is 41.1 Å². The first-order valence-corrected chi connectivity index (χ1v) is 10.7. The van der Waals surface area contributed by atoms with E-state index in [1.54, 1.807) is 0 Å². The van der Waals surface area contributed by atoms with Crippen molar-refractivity contribution in [2.24, 2.45) is 0 Å². The smallest absolute Gasteiger partial charge is 0.252 e. The quantitative estimate of drug-likeness (QED) is 0.579. The Hall–Kier alpha value is -2.61. The van der Waals surface area contributed by atoms with Gasteiger partial charge in [-0.15, -0.1) is 0 Å². The second-order valence-electron chi connectivity index (χ2n) is 6.54.